The summed E-state index contributed by atoms with van der Waals surface area (Å²) >= 11 is 6.06. The second-order valence-electron chi connectivity index (χ2n) is 8.45. The molecule has 2 N–H and O–H groups in total. The summed E-state index contributed by atoms with van der Waals surface area (Å²) in [7, 11) is 4.25. The van der Waals surface area contributed by atoms with Gasteiger partial charge < -0.3 is 29.6 Å². The SMILES string of the molecule is COC(=O)c1cc(NC(=O)Nc2ccc(OC)c(OC)c2)ccc1OC(c1ccc(F)cc1)c1ccc(Cl)cc1. The summed E-state index contributed by atoms with van der Waals surface area (Å²) in [5.41, 5.74) is 2.23. The average Bonchev–Trinajstić information content (AvgIpc) is 2.97. The van der Waals surface area contributed by atoms with Crippen LogP contribution in [0, 0.1) is 5.82 Å². The number of nitrogens with one attached hydrogen (secondary N) is 2. The molecule has 0 saturated carbocycles. The number of hydrogen-bond donors (Lipinski definition) is 2. The Morgan fingerprint density at radius 3 is 1.85 bits per heavy atom. The zero-order valence-corrected chi connectivity index (χ0v) is 22.6. The molecule has 8 nitrogen and oxygen atoms in total. The van der Waals surface area contributed by atoms with Crippen molar-refractivity contribution in [3.8, 4) is 17.2 Å². The Morgan fingerprint density at radius 2 is 1.27 bits per heavy atom. The van der Waals surface area contributed by atoms with Gasteiger partial charge in [0, 0.05) is 22.5 Å². The number of carbonyl (C=O) groups is 2. The van der Waals surface area contributed by atoms with Crippen molar-refractivity contribution in [2.75, 3.05) is 32.0 Å². The van der Waals surface area contributed by atoms with Gasteiger partial charge in [0.2, 0.25) is 0 Å². The van der Waals surface area contributed by atoms with E-state index < -0.39 is 23.9 Å². The Kier molecular flexibility index (Phi) is 9.08. The molecule has 206 valence electrons. The molecule has 4 aromatic rings. The van der Waals surface area contributed by atoms with E-state index in [0.717, 1.165) is 5.56 Å². The Balaban J connectivity index is 1.60. The largest absolute Gasteiger partial charge is 0.493 e. The predicted molar refractivity (Wildman–Crippen MR) is 150 cm³/mol. The van der Waals surface area contributed by atoms with Crippen molar-refractivity contribution in [3.63, 3.8) is 0 Å². The van der Waals surface area contributed by atoms with Gasteiger partial charge in [-0.3, -0.25) is 0 Å². The highest BCUT2D eigenvalue weighted by atomic mass is 35.5. The van der Waals surface area contributed by atoms with Gasteiger partial charge in [-0.05, 0) is 65.7 Å². The molecular weight excluding hydrogens is 539 g/mol. The van der Waals surface area contributed by atoms with Crippen molar-refractivity contribution >= 4 is 35.0 Å². The zero-order chi connectivity index (χ0) is 28.6. The van der Waals surface area contributed by atoms with E-state index in [9.17, 15) is 14.0 Å². The van der Waals surface area contributed by atoms with Crippen LogP contribution in [-0.4, -0.2) is 33.3 Å². The molecule has 0 heterocycles. The quantitative estimate of drug-likeness (QED) is 0.211. The minimum absolute atomic E-state index is 0.0764. The second-order valence-corrected chi connectivity index (χ2v) is 8.89. The van der Waals surface area contributed by atoms with Gasteiger partial charge in [0.25, 0.3) is 0 Å². The van der Waals surface area contributed by atoms with Crippen LogP contribution in [0.5, 0.6) is 17.2 Å². The third-order valence-corrected chi connectivity index (χ3v) is 6.13. The highest BCUT2D eigenvalue weighted by Crippen LogP contribution is 2.34. The van der Waals surface area contributed by atoms with Gasteiger partial charge >= 0.3 is 12.0 Å². The first-order valence-corrected chi connectivity index (χ1v) is 12.4. The van der Waals surface area contributed by atoms with Crippen molar-refractivity contribution in [3.05, 3.63) is 112 Å². The lowest BCUT2D eigenvalue weighted by Gasteiger charge is -2.22. The van der Waals surface area contributed by atoms with Gasteiger partial charge in [-0.25, -0.2) is 14.0 Å². The lowest BCUT2D eigenvalue weighted by atomic mass is 10.0. The first-order chi connectivity index (χ1) is 19.3. The molecule has 4 aromatic carbocycles. The maximum absolute atomic E-state index is 13.6. The zero-order valence-electron chi connectivity index (χ0n) is 21.9. The molecule has 0 aromatic heterocycles. The van der Waals surface area contributed by atoms with Gasteiger partial charge in [-0.2, -0.15) is 0 Å². The molecule has 0 bridgehead atoms. The van der Waals surface area contributed by atoms with Gasteiger partial charge in [0.05, 0.1) is 21.3 Å². The molecule has 0 radical (unpaired) electrons. The Labute approximate surface area is 235 Å². The molecule has 0 aliphatic heterocycles. The molecule has 40 heavy (non-hydrogen) atoms. The minimum Gasteiger partial charge on any atom is -0.493 e. The summed E-state index contributed by atoms with van der Waals surface area (Å²) < 4.78 is 35.4. The van der Waals surface area contributed by atoms with Crippen LogP contribution in [0.15, 0.2) is 84.9 Å². The number of amides is 2. The van der Waals surface area contributed by atoms with E-state index in [0.29, 0.717) is 33.5 Å². The summed E-state index contributed by atoms with van der Waals surface area (Å²) in [6.07, 6.45) is -0.701. The number of esters is 1. The lowest BCUT2D eigenvalue weighted by Crippen LogP contribution is -2.20. The average molecular weight is 565 g/mol. The number of hydrogen-bond acceptors (Lipinski definition) is 6. The standard InChI is InChI=1S/C30H26ClFN2O6/c1-37-26-15-13-23(17-27(26)38-2)34-30(36)33-22-12-14-25(24(16-22)29(35)39-3)40-28(18-4-8-20(31)9-5-18)19-6-10-21(32)11-7-19/h4-17,28H,1-3H3,(H2,33,34,36). The molecule has 0 spiro atoms. The number of carbonyl (C=O) groups excluding carboxylic acids is 2. The number of rotatable bonds is 9. The first kappa shape index (κ1) is 28.3. The van der Waals surface area contributed by atoms with Crippen LogP contribution in [0.4, 0.5) is 20.6 Å². The highest BCUT2D eigenvalue weighted by molar-refractivity contribution is 6.30. The van der Waals surface area contributed by atoms with Gasteiger partial charge in [-0.1, -0.05) is 35.9 Å². The van der Waals surface area contributed by atoms with E-state index in [4.69, 9.17) is 30.5 Å². The third kappa shape index (κ3) is 6.81. The third-order valence-electron chi connectivity index (χ3n) is 5.87. The number of ether oxygens (including phenoxy) is 4. The maximum atomic E-state index is 13.6. The van der Waals surface area contributed by atoms with Crippen LogP contribution in [-0.2, 0) is 4.74 Å². The molecule has 1 unspecified atom stereocenters. The van der Waals surface area contributed by atoms with Crippen LogP contribution >= 0.6 is 11.6 Å². The Bertz CT molecular complexity index is 1450. The second kappa shape index (κ2) is 12.9. The molecule has 0 aliphatic carbocycles. The molecule has 0 aliphatic rings. The van der Waals surface area contributed by atoms with Gasteiger partial charge in [0.1, 0.15) is 23.2 Å². The number of urea groups is 1. The fourth-order valence-electron chi connectivity index (χ4n) is 3.92. The Morgan fingerprint density at radius 1 is 0.725 bits per heavy atom. The van der Waals surface area contributed by atoms with Crippen LogP contribution in [0.25, 0.3) is 0 Å². The Hall–Kier alpha value is -4.76. The van der Waals surface area contributed by atoms with E-state index in [2.05, 4.69) is 10.6 Å². The monoisotopic (exact) mass is 564 g/mol. The van der Waals surface area contributed by atoms with Gasteiger partial charge in [-0.15, -0.1) is 0 Å². The van der Waals surface area contributed by atoms with Crippen LogP contribution in [0.1, 0.15) is 27.6 Å². The van der Waals surface area contributed by atoms with E-state index in [1.165, 1.54) is 39.5 Å². The molecule has 10 heteroatoms. The van der Waals surface area contributed by atoms with E-state index >= 15 is 0 Å². The normalized spacial score (nSPS) is 11.2. The topological polar surface area (TPSA) is 95.1 Å². The van der Waals surface area contributed by atoms with Crippen molar-refractivity contribution in [1.29, 1.82) is 0 Å². The summed E-state index contributed by atoms with van der Waals surface area (Å²) in [6.45, 7) is 0. The molecule has 0 saturated heterocycles. The molecular formula is C30H26ClFN2O6. The summed E-state index contributed by atoms with van der Waals surface area (Å²) in [6, 6.07) is 21.8. The number of anilines is 2. The van der Waals surface area contributed by atoms with Gasteiger partial charge in [0.15, 0.2) is 11.5 Å². The van der Waals surface area contributed by atoms with Crippen molar-refractivity contribution in [2.24, 2.45) is 0 Å². The number of halogens is 2. The molecule has 0 fully saturated rings. The summed E-state index contributed by atoms with van der Waals surface area (Å²) in [5, 5.41) is 5.93. The highest BCUT2D eigenvalue weighted by Gasteiger charge is 2.22. The molecule has 4 rings (SSSR count). The first-order valence-electron chi connectivity index (χ1n) is 12.0. The van der Waals surface area contributed by atoms with Crippen molar-refractivity contribution < 1.29 is 32.9 Å². The van der Waals surface area contributed by atoms with Crippen LogP contribution in [0.2, 0.25) is 5.02 Å². The van der Waals surface area contributed by atoms with E-state index in [1.807, 2.05) is 0 Å². The van der Waals surface area contributed by atoms with Crippen LogP contribution in [0.3, 0.4) is 0 Å². The summed E-state index contributed by atoms with van der Waals surface area (Å²) in [4.78, 5) is 25.4. The molecule has 1 atom stereocenters. The predicted octanol–water partition coefficient (Wildman–Crippen LogP) is 7.10. The van der Waals surface area contributed by atoms with E-state index in [1.54, 1.807) is 66.7 Å². The van der Waals surface area contributed by atoms with E-state index in [-0.39, 0.29) is 11.3 Å². The lowest BCUT2D eigenvalue weighted by molar-refractivity contribution is 0.0594. The fraction of sp³-hybridized carbons (Fsp3) is 0.133. The minimum atomic E-state index is -0.701. The summed E-state index contributed by atoms with van der Waals surface area (Å²) in [5.74, 6) is 0.0982. The van der Waals surface area contributed by atoms with Crippen LogP contribution < -0.4 is 24.8 Å². The number of methoxy groups -OCH3 is 3. The van der Waals surface area contributed by atoms with Crippen molar-refractivity contribution in [2.45, 2.75) is 6.10 Å². The smallest absolute Gasteiger partial charge is 0.341 e. The number of benzene rings is 4. The molecule has 2 amide bonds. The fourth-order valence-corrected chi connectivity index (χ4v) is 4.04. The van der Waals surface area contributed by atoms with Crippen molar-refractivity contribution in [1.82, 2.24) is 0 Å². The maximum Gasteiger partial charge on any atom is 0.341 e.